The van der Waals surface area contributed by atoms with E-state index in [0.717, 1.165) is 6.42 Å². The SMILES string of the molecule is COCCCNC(=S)NC(=O)c1ccc2c(c1)OCO2. The predicted octanol–water partition coefficient (Wildman–Crippen LogP) is 1.06. The second kappa shape index (κ2) is 7.06. The van der Waals surface area contributed by atoms with Gasteiger partial charge in [0.2, 0.25) is 6.79 Å². The van der Waals surface area contributed by atoms with Gasteiger partial charge in [0.1, 0.15) is 0 Å². The Labute approximate surface area is 122 Å². The molecular weight excluding hydrogens is 280 g/mol. The van der Waals surface area contributed by atoms with Crippen molar-refractivity contribution in [1.29, 1.82) is 0 Å². The molecule has 1 aromatic rings. The van der Waals surface area contributed by atoms with Crippen molar-refractivity contribution < 1.29 is 19.0 Å². The van der Waals surface area contributed by atoms with Crippen LogP contribution in [0.5, 0.6) is 11.5 Å². The van der Waals surface area contributed by atoms with Crippen LogP contribution in [0.1, 0.15) is 16.8 Å². The number of amides is 1. The number of nitrogens with one attached hydrogen (secondary N) is 2. The molecule has 0 aromatic heterocycles. The van der Waals surface area contributed by atoms with E-state index in [9.17, 15) is 4.79 Å². The molecule has 0 unspecified atom stereocenters. The number of carbonyl (C=O) groups excluding carboxylic acids is 1. The van der Waals surface area contributed by atoms with E-state index in [1.165, 1.54) is 0 Å². The van der Waals surface area contributed by atoms with E-state index in [4.69, 9.17) is 26.4 Å². The van der Waals surface area contributed by atoms with Crippen molar-refractivity contribution in [2.45, 2.75) is 6.42 Å². The molecule has 2 rings (SSSR count). The lowest BCUT2D eigenvalue weighted by molar-refractivity contribution is 0.0976. The molecule has 0 fully saturated rings. The molecule has 0 saturated heterocycles. The third-order valence-corrected chi connectivity index (χ3v) is 2.92. The van der Waals surface area contributed by atoms with Crippen LogP contribution in [0.4, 0.5) is 0 Å². The summed E-state index contributed by atoms with van der Waals surface area (Å²) in [5.74, 6) is 0.922. The van der Waals surface area contributed by atoms with E-state index >= 15 is 0 Å². The van der Waals surface area contributed by atoms with E-state index in [1.807, 2.05) is 0 Å². The molecular formula is C13H16N2O4S. The minimum Gasteiger partial charge on any atom is -0.454 e. The van der Waals surface area contributed by atoms with Gasteiger partial charge in [-0.3, -0.25) is 10.1 Å². The van der Waals surface area contributed by atoms with Gasteiger partial charge in [0.25, 0.3) is 5.91 Å². The van der Waals surface area contributed by atoms with Gasteiger partial charge < -0.3 is 19.5 Å². The number of fused-ring (bicyclic) bond motifs is 1. The standard InChI is InChI=1S/C13H16N2O4S/c1-17-6-2-5-14-13(20)15-12(16)9-3-4-10-11(7-9)19-8-18-10/h3-4,7H,2,5-6,8H2,1H3,(H2,14,15,16,20). The van der Waals surface area contributed by atoms with Crippen LogP contribution in [0.2, 0.25) is 0 Å². The van der Waals surface area contributed by atoms with Gasteiger partial charge in [-0.1, -0.05) is 0 Å². The molecule has 0 saturated carbocycles. The van der Waals surface area contributed by atoms with E-state index in [-0.39, 0.29) is 12.7 Å². The fraction of sp³-hybridized carbons (Fsp3) is 0.385. The Morgan fingerprint density at radius 1 is 1.40 bits per heavy atom. The second-order valence-corrected chi connectivity index (χ2v) is 4.53. The van der Waals surface area contributed by atoms with Crippen molar-refractivity contribution in [3.05, 3.63) is 23.8 Å². The van der Waals surface area contributed by atoms with Gasteiger partial charge in [0.05, 0.1) is 0 Å². The highest BCUT2D eigenvalue weighted by molar-refractivity contribution is 7.80. The molecule has 0 radical (unpaired) electrons. The van der Waals surface area contributed by atoms with Crippen LogP contribution in [0.15, 0.2) is 18.2 Å². The van der Waals surface area contributed by atoms with Gasteiger partial charge >= 0.3 is 0 Å². The van der Waals surface area contributed by atoms with Crippen LogP contribution in [-0.2, 0) is 4.74 Å². The third-order valence-electron chi connectivity index (χ3n) is 2.67. The maximum atomic E-state index is 12.0. The van der Waals surface area contributed by atoms with Crippen LogP contribution >= 0.6 is 12.2 Å². The van der Waals surface area contributed by atoms with Crippen molar-refractivity contribution in [1.82, 2.24) is 10.6 Å². The molecule has 1 aliphatic rings. The lowest BCUT2D eigenvalue weighted by atomic mass is 10.2. The minimum atomic E-state index is -0.285. The van der Waals surface area contributed by atoms with Gasteiger partial charge in [-0.2, -0.15) is 0 Å². The Morgan fingerprint density at radius 2 is 2.20 bits per heavy atom. The lowest BCUT2D eigenvalue weighted by Crippen LogP contribution is -2.39. The number of benzene rings is 1. The number of hydrogen-bond acceptors (Lipinski definition) is 5. The summed E-state index contributed by atoms with van der Waals surface area (Å²) in [6.07, 6.45) is 0.816. The molecule has 7 heteroatoms. The summed E-state index contributed by atoms with van der Waals surface area (Å²) in [5, 5.41) is 5.84. The summed E-state index contributed by atoms with van der Waals surface area (Å²) in [6.45, 7) is 1.47. The monoisotopic (exact) mass is 296 g/mol. The van der Waals surface area contributed by atoms with Crippen molar-refractivity contribution in [2.24, 2.45) is 0 Å². The first kappa shape index (κ1) is 14.5. The summed E-state index contributed by atoms with van der Waals surface area (Å²) in [4.78, 5) is 12.0. The molecule has 0 spiro atoms. The molecule has 1 amide bonds. The first-order chi connectivity index (χ1) is 9.70. The third kappa shape index (κ3) is 3.82. The maximum Gasteiger partial charge on any atom is 0.257 e. The molecule has 0 bridgehead atoms. The second-order valence-electron chi connectivity index (χ2n) is 4.12. The van der Waals surface area contributed by atoms with Crippen LogP contribution in [0, 0.1) is 0 Å². The van der Waals surface area contributed by atoms with E-state index < -0.39 is 0 Å². The van der Waals surface area contributed by atoms with E-state index in [2.05, 4.69) is 10.6 Å². The Kier molecular flexibility index (Phi) is 5.14. The fourth-order valence-corrected chi connectivity index (χ4v) is 1.87. The fourth-order valence-electron chi connectivity index (χ4n) is 1.68. The van der Waals surface area contributed by atoms with Crippen molar-refractivity contribution in [3.63, 3.8) is 0 Å². The van der Waals surface area contributed by atoms with Crippen molar-refractivity contribution >= 4 is 23.2 Å². The number of carbonyl (C=O) groups is 1. The van der Waals surface area contributed by atoms with Crippen molar-refractivity contribution in [3.8, 4) is 11.5 Å². The number of rotatable bonds is 5. The average molecular weight is 296 g/mol. The van der Waals surface area contributed by atoms with Crippen LogP contribution in [0.25, 0.3) is 0 Å². The quantitative estimate of drug-likeness (QED) is 0.625. The summed E-state index contributed by atoms with van der Waals surface area (Å²) in [6, 6.07) is 4.99. The first-order valence-electron chi connectivity index (χ1n) is 6.18. The molecule has 1 aliphatic heterocycles. The van der Waals surface area contributed by atoms with Gasteiger partial charge in [-0.15, -0.1) is 0 Å². The molecule has 108 valence electrons. The highest BCUT2D eigenvalue weighted by atomic mass is 32.1. The molecule has 20 heavy (non-hydrogen) atoms. The first-order valence-corrected chi connectivity index (χ1v) is 6.59. The van der Waals surface area contributed by atoms with Gasteiger partial charge in [0.15, 0.2) is 16.6 Å². The Hall–Kier alpha value is -1.86. The molecule has 6 nitrogen and oxygen atoms in total. The Morgan fingerprint density at radius 3 is 3.00 bits per heavy atom. The molecule has 2 N–H and O–H groups in total. The summed E-state index contributed by atoms with van der Waals surface area (Å²) in [5.41, 5.74) is 0.468. The van der Waals surface area contributed by atoms with Gasteiger partial charge in [0, 0.05) is 25.8 Å². The predicted molar refractivity (Wildman–Crippen MR) is 77.1 cm³/mol. The zero-order chi connectivity index (χ0) is 14.4. The number of thiocarbonyl (C=S) groups is 1. The maximum absolute atomic E-state index is 12.0. The van der Waals surface area contributed by atoms with Crippen LogP contribution in [-0.4, -0.2) is 38.1 Å². The topological polar surface area (TPSA) is 68.8 Å². The Balaban J connectivity index is 1.84. The average Bonchev–Trinajstić information content (AvgIpc) is 2.90. The van der Waals surface area contributed by atoms with Gasteiger partial charge in [-0.25, -0.2) is 0 Å². The number of hydrogen-bond donors (Lipinski definition) is 2. The zero-order valence-electron chi connectivity index (χ0n) is 11.1. The zero-order valence-corrected chi connectivity index (χ0v) is 11.9. The molecule has 0 aliphatic carbocycles. The van der Waals surface area contributed by atoms with Crippen LogP contribution in [0.3, 0.4) is 0 Å². The van der Waals surface area contributed by atoms with Crippen molar-refractivity contribution in [2.75, 3.05) is 27.1 Å². The highest BCUT2D eigenvalue weighted by Gasteiger charge is 2.16. The minimum absolute atomic E-state index is 0.180. The summed E-state index contributed by atoms with van der Waals surface area (Å²) in [7, 11) is 1.64. The molecule has 0 atom stereocenters. The largest absolute Gasteiger partial charge is 0.454 e. The molecule has 1 aromatic carbocycles. The molecule has 1 heterocycles. The summed E-state index contributed by atoms with van der Waals surface area (Å²) >= 11 is 5.04. The normalized spacial score (nSPS) is 12.1. The highest BCUT2D eigenvalue weighted by Crippen LogP contribution is 2.32. The van der Waals surface area contributed by atoms with Crippen LogP contribution < -0.4 is 20.1 Å². The lowest BCUT2D eigenvalue weighted by Gasteiger charge is -2.09. The number of ether oxygens (including phenoxy) is 3. The van der Waals surface area contributed by atoms with E-state index in [0.29, 0.717) is 35.3 Å². The van der Waals surface area contributed by atoms with Gasteiger partial charge in [-0.05, 0) is 36.8 Å². The summed E-state index contributed by atoms with van der Waals surface area (Å²) < 4.78 is 15.3. The van der Waals surface area contributed by atoms with E-state index in [1.54, 1.807) is 25.3 Å². The smallest absolute Gasteiger partial charge is 0.257 e. The Bertz CT molecular complexity index is 507. The number of methoxy groups -OCH3 is 1.